The minimum absolute atomic E-state index is 0.187. The largest absolute Gasteiger partial charge is 0.493 e. The van der Waals surface area contributed by atoms with Crippen LogP contribution in [0.3, 0.4) is 0 Å². The van der Waals surface area contributed by atoms with Crippen LogP contribution in [0.1, 0.15) is 31.1 Å². The van der Waals surface area contributed by atoms with Gasteiger partial charge in [0.15, 0.2) is 0 Å². The number of carbonyl (C=O) groups excluding carboxylic acids is 1. The number of ether oxygens (including phenoxy) is 1. The number of benzene rings is 1. The van der Waals surface area contributed by atoms with Crippen molar-refractivity contribution in [1.29, 1.82) is 0 Å². The van der Waals surface area contributed by atoms with Crippen molar-refractivity contribution in [3.05, 3.63) is 29.8 Å². The summed E-state index contributed by atoms with van der Waals surface area (Å²) < 4.78 is 5.43. The van der Waals surface area contributed by atoms with E-state index in [0.717, 1.165) is 0 Å². The zero-order valence-corrected chi connectivity index (χ0v) is 12.3. The molecule has 0 heterocycles. The number of para-hydroxylation sites is 1. The highest BCUT2D eigenvalue weighted by Gasteiger charge is 2.23. The van der Waals surface area contributed by atoms with Gasteiger partial charge in [0.1, 0.15) is 5.75 Å². The van der Waals surface area contributed by atoms with Crippen molar-refractivity contribution < 1.29 is 9.53 Å². The average Bonchev–Trinajstić information content (AvgIpc) is 2.37. The number of thiocarbonyl (C=S) groups is 1. The van der Waals surface area contributed by atoms with Gasteiger partial charge < -0.3 is 15.8 Å². The normalized spacial score (nSPS) is 10.9. The van der Waals surface area contributed by atoms with Crippen LogP contribution in [-0.2, 0) is 0 Å². The first-order valence-electron chi connectivity index (χ1n) is 6.18. The third kappa shape index (κ3) is 4.21. The molecule has 5 heteroatoms. The zero-order valence-electron chi connectivity index (χ0n) is 11.5. The predicted octanol–water partition coefficient (Wildman–Crippen LogP) is 2.13. The quantitative estimate of drug-likeness (QED) is 0.784. The van der Waals surface area contributed by atoms with Crippen LogP contribution < -0.4 is 15.8 Å². The number of rotatable bonds is 6. The highest BCUT2D eigenvalue weighted by molar-refractivity contribution is 7.80. The van der Waals surface area contributed by atoms with Gasteiger partial charge in [-0.05, 0) is 19.1 Å². The van der Waals surface area contributed by atoms with E-state index in [9.17, 15) is 4.79 Å². The summed E-state index contributed by atoms with van der Waals surface area (Å²) in [6.07, 6.45) is 0. The number of nitrogens with two attached hydrogens (primary N) is 1. The van der Waals surface area contributed by atoms with Gasteiger partial charge in [0.25, 0.3) is 5.91 Å². The first-order valence-corrected chi connectivity index (χ1v) is 6.59. The Morgan fingerprint density at radius 3 is 2.63 bits per heavy atom. The molecule has 0 spiro atoms. The molecule has 0 aliphatic heterocycles. The van der Waals surface area contributed by atoms with Crippen molar-refractivity contribution in [1.82, 2.24) is 5.32 Å². The molecular weight excluding hydrogens is 260 g/mol. The van der Waals surface area contributed by atoms with Gasteiger partial charge >= 0.3 is 0 Å². The average molecular weight is 280 g/mol. The number of hydrogen-bond acceptors (Lipinski definition) is 3. The van der Waals surface area contributed by atoms with Crippen molar-refractivity contribution in [2.24, 2.45) is 11.1 Å². The third-order valence-corrected chi connectivity index (χ3v) is 3.34. The number of hydrogen-bond donors (Lipinski definition) is 2. The Bertz CT molecular complexity index is 472. The lowest BCUT2D eigenvalue weighted by molar-refractivity contribution is 0.0941. The zero-order chi connectivity index (χ0) is 14.5. The van der Waals surface area contributed by atoms with Gasteiger partial charge in [0.05, 0.1) is 17.2 Å². The third-order valence-electron chi connectivity index (χ3n) is 2.79. The van der Waals surface area contributed by atoms with E-state index >= 15 is 0 Å². The molecular formula is C14H20N2O2S. The fourth-order valence-corrected chi connectivity index (χ4v) is 1.49. The first-order chi connectivity index (χ1) is 8.88. The van der Waals surface area contributed by atoms with Crippen LogP contribution in [0, 0.1) is 5.41 Å². The van der Waals surface area contributed by atoms with Crippen LogP contribution in [0.4, 0.5) is 0 Å². The van der Waals surface area contributed by atoms with Gasteiger partial charge in [-0.3, -0.25) is 4.79 Å². The molecule has 0 aromatic heterocycles. The number of nitrogens with one attached hydrogen (secondary N) is 1. The van der Waals surface area contributed by atoms with E-state index in [1.165, 1.54) is 0 Å². The van der Waals surface area contributed by atoms with Crippen molar-refractivity contribution in [2.75, 3.05) is 13.2 Å². The fraction of sp³-hybridized carbons (Fsp3) is 0.429. The minimum atomic E-state index is -0.411. The van der Waals surface area contributed by atoms with E-state index in [1.54, 1.807) is 18.2 Å². The topological polar surface area (TPSA) is 64.3 Å². The summed E-state index contributed by atoms with van der Waals surface area (Å²) in [5, 5.41) is 2.83. The first kappa shape index (κ1) is 15.4. The molecule has 0 bridgehead atoms. The number of carbonyl (C=O) groups is 1. The number of amides is 1. The standard InChI is InChI=1S/C14H20N2O2S/c1-4-18-11-8-6-5-7-10(11)12(17)16-9-14(2,3)13(15)19/h5-8H,4,9H2,1-3H3,(H2,15,19)(H,16,17). The SMILES string of the molecule is CCOc1ccccc1C(=O)NCC(C)(C)C(N)=S. The second-order valence-corrected chi connectivity index (χ2v) is 5.30. The minimum Gasteiger partial charge on any atom is -0.493 e. The molecule has 3 N–H and O–H groups in total. The van der Waals surface area contributed by atoms with Gasteiger partial charge in [-0.25, -0.2) is 0 Å². The van der Waals surface area contributed by atoms with E-state index in [0.29, 0.717) is 29.5 Å². The maximum atomic E-state index is 12.1. The van der Waals surface area contributed by atoms with Crippen molar-refractivity contribution >= 4 is 23.1 Å². The molecule has 0 aliphatic rings. The van der Waals surface area contributed by atoms with Crippen LogP contribution >= 0.6 is 12.2 Å². The van der Waals surface area contributed by atoms with Gasteiger partial charge in [-0.2, -0.15) is 0 Å². The Morgan fingerprint density at radius 1 is 1.42 bits per heavy atom. The van der Waals surface area contributed by atoms with Crippen molar-refractivity contribution in [2.45, 2.75) is 20.8 Å². The molecule has 0 saturated carbocycles. The van der Waals surface area contributed by atoms with Crippen LogP contribution in [-0.4, -0.2) is 24.0 Å². The lowest BCUT2D eigenvalue weighted by Crippen LogP contribution is -2.41. The van der Waals surface area contributed by atoms with E-state index in [4.69, 9.17) is 22.7 Å². The summed E-state index contributed by atoms with van der Waals surface area (Å²) in [7, 11) is 0. The molecule has 0 saturated heterocycles. The molecule has 19 heavy (non-hydrogen) atoms. The second-order valence-electron chi connectivity index (χ2n) is 4.86. The van der Waals surface area contributed by atoms with Gasteiger partial charge in [0, 0.05) is 12.0 Å². The monoisotopic (exact) mass is 280 g/mol. The summed E-state index contributed by atoms with van der Waals surface area (Å²) in [4.78, 5) is 12.5. The molecule has 1 aromatic rings. The Kier molecular flexibility index (Phi) is 5.30. The molecule has 1 aromatic carbocycles. The molecule has 0 radical (unpaired) electrons. The Balaban J connectivity index is 2.76. The molecule has 1 rings (SSSR count). The summed E-state index contributed by atoms with van der Waals surface area (Å²) in [5.41, 5.74) is 5.73. The Hall–Kier alpha value is -1.62. The maximum Gasteiger partial charge on any atom is 0.255 e. The second kappa shape index (κ2) is 6.52. The molecule has 0 unspecified atom stereocenters. The molecule has 104 valence electrons. The fourth-order valence-electron chi connectivity index (χ4n) is 1.42. The lowest BCUT2D eigenvalue weighted by Gasteiger charge is -2.23. The summed E-state index contributed by atoms with van der Waals surface area (Å²) in [6, 6.07) is 7.14. The van der Waals surface area contributed by atoms with Gasteiger partial charge in [0.2, 0.25) is 0 Å². The Morgan fingerprint density at radius 2 is 2.05 bits per heavy atom. The van der Waals surface area contributed by atoms with E-state index in [1.807, 2.05) is 26.8 Å². The van der Waals surface area contributed by atoms with Gasteiger partial charge in [-0.1, -0.05) is 38.2 Å². The summed E-state index contributed by atoms with van der Waals surface area (Å²) in [5.74, 6) is 0.393. The summed E-state index contributed by atoms with van der Waals surface area (Å²) in [6.45, 7) is 6.57. The van der Waals surface area contributed by atoms with Crippen LogP contribution in [0.15, 0.2) is 24.3 Å². The summed E-state index contributed by atoms with van der Waals surface area (Å²) >= 11 is 4.97. The molecule has 1 amide bonds. The van der Waals surface area contributed by atoms with Crippen LogP contribution in [0.2, 0.25) is 0 Å². The van der Waals surface area contributed by atoms with E-state index in [2.05, 4.69) is 5.32 Å². The Labute approximate surface area is 119 Å². The van der Waals surface area contributed by atoms with Crippen LogP contribution in [0.5, 0.6) is 5.75 Å². The van der Waals surface area contributed by atoms with E-state index < -0.39 is 5.41 Å². The maximum absolute atomic E-state index is 12.1. The highest BCUT2D eigenvalue weighted by atomic mass is 32.1. The lowest BCUT2D eigenvalue weighted by atomic mass is 9.93. The molecule has 0 atom stereocenters. The molecule has 0 aliphatic carbocycles. The van der Waals surface area contributed by atoms with Gasteiger partial charge in [-0.15, -0.1) is 0 Å². The highest BCUT2D eigenvalue weighted by Crippen LogP contribution is 2.19. The smallest absolute Gasteiger partial charge is 0.255 e. The molecule has 4 nitrogen and oxygen atoms in total. The van der Waals surface area contributed by atoms with E-state index in [-0.39, 0.29) is 5.91 Å². The predicted molar refractivity (Wildman–Crippen MR) is 80.5 cm³/mol. The van der Waals surface area contributed by atoms with Crippen molar-refractivity contribution in [3.63, 3.8) is 0 Å². The van der Waals surface area contributed by atoms with Crippen LogP contribution in [0.25, 0.3) is 0 Å². The van der Waals surface area contributed by atoms with Crippen molar-refractivity contribution in [3.8, 4) is 5.75 Å². The molecule has 0 fully saturated rings.